The highest BCUT2D eigenvalue weighted by Gasteiger charge is 2.37. The van der Waals surface area contributed by atoms with Gasteiger partial charge in [-0.1, -0.05) is 37.3 Å². The molecule has 2 aromatic rings. The SMILES string of the molecule is COc1ccc2ccccc2c1/C=C1/SC(=O)N(CC(=O)N2CCC(C)CC2)C1=O. The molecule has 4 rings (SSSR count). The summed E-state index contributed by atoms with van der Waals surface area (Å²) in [6.45, 7) is 3.33. The van der Waals surface area contributed by atoms with Crippen LogP contribution in [0, 0.1) is 5.92 Å². The summed E-state index contributed by atoms with van der Waals surface area (Å²) in [5.41, 5.74) is 0.748. The minimum Gasteiger partial charge on any atom is -0.496 e. The summed E-state index contributed by atoms with van der Waals surface area (Å²) in [4.78, 5) is 41.2. The topological polar surface area (TPSA) is 66.9 Å². The number of likely N-dealkylation sites (tertiary alicyclic amines) is 1. The lowest BCUT2D eigenvalue weighted by Gasteiger charge is -2.31. The Hall–Kier alpha value is -2.80. The number of imide groups is 1. The standard InChI is InChI=1S/C23H24N2O4S/c1-15-9-11-24(12-10-15)21(26)14-25-22(27)20(30-23(25)28)13-18-17-6-4-3-5-16(17)7-8-19(18)29-2/h3-8,13,15H,9-12,14H2,1-2H3/b20-13+. The van der Waals surface area contributed by atoms with E-state index in [-0.39, 0.29) is 12.5 Å². The molecule has 2 aliphatic heterocycles. The summed E-state index contributed by atoms with van der Waals surface area (Å²) in [6, 6.07) is 11.6. The maximum Gasteiger partial charge on any atom is 0.294 e. The lowest BCUT2D eigenvalue weighted by molar-refractivity contribution is -0.136. The van der Waals surface area contributed by atoms with Crippen LogP contribution in [-0.4, -0.2) is 53.6 Å². The van der Waals surface area contributed by atoms with Gasteiger partial charge in [0.05, 0.1) is 12.0 Å². The molecule has 0 spiro atoms. The first-order valence-electron chi connectivity index (χ1n) is 10.1. The first-order chi connectivity index (χ1) is 14.5. The summed E-state index contributed by atoms with van der Waals surface area (Å²) >= 11 is 0.866. The molecule has 7 heteroatoms. The van der Waals surface area contributed by atoms with Gasteiger partial charge in [-0.25, -0.2) is 0 Å². The van der Waals surface area contributed by atoms with Crippen molar-refractivity contribution in [1.82, 2.24) is 9.80 Å². The van der Waals surface area contributed by atoms with Gasteiger partial charge in [-0.2, -0.15) is 0 Å². The third-order valence-corrected chi connectivity index (χ3v) is 6.64. The number of ether oxygens (including phenoxy) is 1. The number of thioether (sulfide) groups is 1. The van der Waals surface area contributed by atoms with Gasteiger partial charge in [-0.3, -0.25) is 19.3 Å². The zero-order chi connectivity index (χ0) is 21.3. The van der Waals surface area contributed by atoms with Crippen LogP contribution < -0.4 is 4.74 Å². The Morgan fingerprint density at radius 1 is 1.17 bits per heavy atom. The first-order valence-corrected chi connectivity index (χ1v) is 10.9. The van der Waals surface area contributed by atoms with Crippen LogP contribution in [0.3, 0.4) is 0 Å². The number of hydrogen-bond acceptors (Lipinski definition) is 5. The molecule has 0 radical (unpaired) electrons. The maximum absolute atomic E-state index is 12.9. The molecule has 2 fully saturated rings. The fraction of sp³-hybridized carbons (Fsp3) is 0.348. The van der Waals surface area contributed by atoms with Crippen molar-refractivity contribution in [2.75, 3.05) is 26.7 Å². The van der Waals surface area contributed by atoms with E-state index in [9.17, 15) is 14.4 Å². The van der Waals surface area contributed by atoms with Crippen molar-refractivity contribution < 1.29 is 19.1 Å². The van der Waals surface area contributed by atoms with Crippen LogP contribution in [0.5, 0.6) is 5.75 Å². The van der Waals surface area contributed by atoms with Crippen molar-refractivity contribution in [3.8, 4) is 5.75 Å². The van der Waals surface area contributed by atoms with Gasteiger partial charge in [0.15, 0.2) is 0 Å². The van der Waals surface area contributed by atoms with Gasteiger partial charge in [0.25, 0.3) is 11.1 Å². The summed E-state index contributed by atoms with van der Waals surface area (Å²) in [5, 5.41) is 1.53. The van der Waals surface area contributed by atoms with Gasteiger partial charge in [0.2, 0.25) is 5.91 Å². The van der Waals surface area contributed by atoms with Gasteiger partial charge in [0, 0.05) is 18.7 Å². The second-order valence-corrected chi connectivity index (χ2v) is 8.73. The van der Waals surface area contributed by atoms with Crippen molar-refractivity contribution in [3.05, 3.63) is 46.9 Å². The van der Waals surface area contributed by atoms with Gasteiger partial charge in [-0.15, -0.1) is 0 Å². The summed E-state index contributed by atoms with van der Waals surface area (Å²) in [6.07, 6.45) is 3.60. The van der Waals surface area contributed by atoms with Crippen molar-refractivity contribution in [1.29, 1.82) is 0 Å². The number of nitrogens with zero attached hydrogens (tertiary/aromatic N) is 2. The zero-order valence-corrected chi connectivity index (χ0v) is 17.9. The van der Waals surface area contributed by atoms with E-state index in [1.54, 1.807) is 18.1 Å². The normalized spacial score (nSPS) is 19.2. The number of carbonyl (C=O) groups is 3. The molecule has 6 nitrogen and oxygen atoms in total. The average molecular weight is 425 g/mol. The highest BCUT2D eigenvalue weighted by molar-refractivity contribution is 8.18. The van der Waals surface area contributed by atoms with E-state index in [1.165, 1.54) is 0 Å². The predicted octanol–water partition coefficient (Wildman–Crippen LogP) is 4.14. The maximum atomic E-state index is 12.9. The largest absolute Gasteiger partial charge is 0.496 e. The molecule has 0 N–H and O–H groups in total. The van der Waals surface area contributed by atoms with Crippen LogP contribution in [0.2, 0.25) is 0 Å². The minimum atomic E-state index is -0.432. The summed E-state index contributed by atoms with van der Waals surface area (Å²) < 4.78 is 5.48. The molecule has 3 amide bonds. The van der Waals surface area contributed by atoms with E-state index in [2.05, 4.69) is 6.92 Å². The zero-order valence-electron chi connectivity index (χ0n) is 17.1. The molecule has 2 heterocycles. The van der Waals surface area contributed by atoms with Crippen LogP contribution in [-0.2, 0) is 9.59 Å². The van der Waals surface area contributed by atoms with Crippen molar-refractivity contribution in [3.63, 3.8) is 0 Å². The molecule has 2 aromatic carbocycles. The van der Waals surface area contributed by atoms with Crippen LogP contribution >= 0.6 is 11.8 Å². The second kappa shape index (κ2) is 8.52. The van der Waals surface area contributed by atoms with Crippen molar-refractivity contribution >= 4 is 45.7 Å². The van der Waals surface area contributed by atoms with Gasteiger partial charge in [0.1, 0.15) is 12.3 Å². The Morgan fingerprint density at radius 2 is 1.90 bits per heavy atom. The number of carbonyl (C=O) groups excluding carboxylic acids is 3. The van der Waals surface area contributed by atoms with Crippen LogP contribution in [0.1, 0.15) is 25.3 Å². The summed E-state index contributed by atoms with van der Waals surface area (Å²) in [7, 11) is 1.57. The monoisotopic (exact) mass is 424 g/mol. The van der Waals surface area contributed by atoms with E-state index < -0.39 is 11.1 Å². The number of methoxy groups -OCH3 is 1. The fourth-order valence-corrected chi connectivity index (χ4v) is 4.68. The van der Waals surface area contributed by atoms with Gasteiger partial charge >= 0.3 is 0 Å². The molecule has 0 bridgehead atoms. The quantitative estimate of drug-likeness (QED) is 0.690. The Labute approximate surface area is 179 Å². The highest BCUT2D eigenvalue weighted by atomic mass is 32.2. The van der Waals surface area contributed by atoms with Gasteiger partial charge < -0.3 is 9.64 Å². The Kier molecular flexibility index (Phi) is 5.81. The number of amides is 3. The molecule has 2 saturated heterocycles. The molecule has 0 saturated carbocycles. The molecule has 0 atom stereocenters. The lowest BCUT2D eigenvalue weighted by atomic mass is 9.99. The first kappa shape index (κ1) is 20.5. The molecule has 0 unspecified atom stereocenters. The van der Waals surface area contributed by atoms with E-state index in [4.69, 9.17) is 4.74 Å². The van der Waals surface area contributed by atoms with Crippen molar-refractivity contribution in [2.24, 2.45) is 5.92 Å². The van der Waals surface area contributed by atoms with E-state index in [1.807, 2.05) is 36.4 Å². The van der Waals surface area contributed by atoms with Crippen molar-refractivity contribution in [2.45, 2.75) is 19.8 Å². The Balaban J connectivity index is 1.58. The van der Waals surface area contributed by atoms with E-state index in [0.717, 1.165) is 45.8 Å². The fourth-order valence-electron chi connectivity index (χ4n) is 3.86. The predicted molar refractivity (Wildman–Crippen MR) is 118 cm³/mol. The molecular weight excluding hydrogens is 400 g/mol. The van der Waals surface area contributed by atoms with E-state index in [0.29, 0.717) is 29.7 Å². The number of piperidine rings is 1. The number of rotatable bonds is 4. The Morgan fingerprint density at radius 3 is 2.63 bits per heavy atom. The molecule has 30 heavy (non-hydrogen) atoms. The Bertz CT molecular complexity index is 1040. The van der Waals surface area contributed by atoms with Crippen LogP contribution in [0.25, 0.3) is 16.8 Å². The summed E-state index contributed by atoms with van der Waals surface area (Å²) in [5.74, 6) is 0.621. The third-order valence-electron chi connectivity index (χ3n) is 5.73. The molecule has 0 aromatic heterocycles. The molecule has 2 aliphatic rings. The molecule has 156 valence electrons. The number of hydrogen-bond donors (Lipinski definition) is 0. The smallest absolute Gasteiger partial charge is 0.294 e. The van der Waals surface area contributed by atoms with Crippen LogP contribution in [0.4, 0.5) is 4.79 Å². The lowest BCUT2D eigenvalue weighted by Crippen LogP contribution is -2.45. The van der Waals surface area contributed by atoms with Crippen LogP contribution in [0.15, 0.2) is 41.3 Å². The average Bonchev–Trinajstić information content (AvgIpc) is 3.01. The number of fused-ring (bicyclic) bond motifs is 1. The second-order valence-electron chi connectivity index (χ2n) is 7.73. The van der Waals surface area contributed by atoms with Gasteiger partial charge in [-0.05, 0) is 53.4 Å². The highest BCUT2D eigenvalue weighted by Crippen LogP contribution is 2.36. The third kappa shape index (κ3) is 3.94. The number of benzene rings is 2. The van der Waals surface area contributed by atoms with E-state index >= 15 is 0 Å². The molecular formula is C23H24N2O4S. The minimum absolute atomic E-state index is 0.173. The molecule has 0 aliphatic carbocycles.